The molecule has 0 radical (unpaired) electrons. The predicted molar refractivity (Wildman–Crippen MR) is 124 cm³/mol. The fourth-order valence-corrected chi connectivity index (χ4v) is 5.17. The van der Waals surface area contributed by atoms with Crippen LogP contribution >= 0.6 is 15.2 Å². The van der Waals surface area contributed by atoms with Crippen LogP contribution in [0.25, 0.3) is 0 Å². The molecule has 0 bridgehead atoms. The largest absolute Gasteiger partial charge is 0.370 e. The van der Waals surface area contributed by atoms with Crippen molar-refractivity contribution in [3.8, 4) is 0 Å². The molecule has 12 heteroatoms. The summed E-state index contributed by atoms with van der Waals surface area (Å²) in [7, 11) is -9.75. The maximum Gasteiger partial charge on any atom is 0.368 e. The first-order valence-electron chi connectivity index (χ1n) is 10.4. The van der Waals surface area contributed by atoms with E-state index in [1.807, 2.05) is 0 Å². The standard InChI is InChI=1S/C18H40O7P2.3H3N/c1-2-3-4-5-6-7-8-9-10-11-12-13-14-15-16-17-25-27(23,24)18(19)26(20,21)22;;;/h18-19H,2-17H2,1H3,(H,23,24)(H2,20,21,22);3*1H3. The van der Waals surface area contributed by atoms with Gasteiger partial charge in [-0.3, -0.25) is 9.13 Å². The van der Waals surface area contributed by atoms with Gasteiger partial charge >= 0.3 is 15.2 Å². The molecular weight excluding hydrogens is 432 g/mol. The van der Waals surface area contributed by atoms with Crippen molar-refractivity contribution in [3.63, 3.8) is 0 Å². The average molecular weight is 482 g/mol. The molecule has 10 nitrogen and oxygen atoms in total. The van der Waals surface area contributed by atoms with Crippen LogP contribution in [0.4, 0.5) is 0 Å². The van der Waals surface area contributed by atoms with Crippen molar-refractivity contribution >= 4 is 15.2 Å². The second-order valence-corrected chi connectivity index (χ2v) is 11.2. The van der Waals surface area contributed by atoms with E-state index in [4.69, 9.17) is 14.9 Å². The van der Waals surface area contributed by atoms with Crippen LogP contribution in [0, 0.1) is 0 Å². The van der Waals surface area contributed by atoms with Gasteiger partial charge in [0.2, 0.25) is 0 Å². The summed E-state index contributed by atoms with van der Waals surface area (Å²) in [6.07, 6.45) is 18.0. The number of rotatable bonds is 19. The lowest BCUT2D eigenvalue weighted by Crippen LogP contribution is -2.10. The molecule has 0 rings (SSSR count). The van der Waals surface area contributed by atoms with Gasteiger partial charge in [0.1, 0.15) is 0 Å². The number of hydrogen-bond donors (Lipinski definition) is 7. The molecule has 0 aromatic carbocycles. The lowest BCUT2D eigenvalue weighted by molar-refractivity contribution is 0.186. The smallest absolute Gasteiger partial charge is 0.368 e. The van der Waals surface area contributed by atoms with E-state index in [2.05, 4.69) is 11.4 Å². The molecule has 2 unspecified atom stereocenters. The maximum atomic E-state index is 11.5. The van der Waals surface area contributed by atoms with Crippen LogP contribution in [0.2, 0.25) is 0 Å². The molecule has 0 amide bonds. The van der Waals surface area contributed by atoms with Crippen molar-refractivity contribution in [3.05, 3.63) is 0 Å². The lowest BCUT2D eigenvalue weighted by atomic mass is 10.0. The van der Waals surface area contributed by atoms with Crippen molar-refractivity contribution in [2.24, 2.45) is 0 Å². The number of unbranched alkanes of at least 4 members (excludes halogenated alkanes) is 14. The van der Waals surface area contributed by atoms with E-state index in [1.54, 1.807) is 0 Å². The molecular formula is C18H49N3O7P2. The zero-order valence-electron chi connectivity index (χ0n) is 18.9. The molecule has 13 N–H and O–H groups in total. The lowest BCUT2D eigenvalue weighted by Gasteiger charge is -2.18. The molecule has 2 atom stereocenters. The van der Waals surface area contributed by atoms with E-state index < -0.39 is 20.8 Å². The average Bonchev–Trinajstić information content (AvgIpc) is 2.60. The third-order valence-electron chi connectivity index (χ3n) is 4.62. The van der Waals surface area contributed by atoms with E-state index in [1.165, 1.54) is 70.6 Å². The number of aliphatic hydroxyl groups excluding tert-OH is 1. The summed E-state index contributed by atoms with van der Waals surface area (Å²) < 4.78 is 26.9. The van der Waals surface area contributed by atoms with E-state index >= 15 is 0 Å². The third kappa shape index (κ3) is 21.4. The minimum atomic E-state index is -5.05. The van der Waals surface area contributed by atoms with Gasteiger partial charge in [-0.1, -0.05) is 96.8 Å². The topological polar surface area (TPSA) is 229 Å². The zero-order chi connectivity index (χ0) is 20.6. The van der Waals surface area contributed by atoms with Gasteiger partial charge < -0.3 is 42.8 Å². The van der Waals surface area contributed by atoms with Gasteiger partial charge in [-0.25, -0.2) is 0 Å². The summed E-state index contributed by atoms with van der Waals surface area (Å²) in [5.41, 5.74) is -2.67. The monoisotopic (exact) mass is 481 g/mol. The Hall–Kier alpha value is 0.140. The predicted octanol–water partition coefficient (Wildman–Crippen LogP) is 6.00. The van der Waals surface area contributed by atoms with Gasteiger partial charge in [-0.15, -0.1) is 0 Å². The van der Waals surface area contributed by atoms with Crippen molar-refractivity contribution in [2.75, 3.05) is 6.61 Å². The Morgan fingerprint density at radius 2 is 0.933 bits per heavy atom. The van der Waals surface area contributed by atoms with Crippen molar-refractivity contribution < 1.29 is 33.4 Å². The first kappa shape index (κ1) is 37.5. The molecule has 0 aromatic heterocycles. The summed E-state index contributed by atoms with van der Waals surface area (Å²) in [5.74, 6) is 0. The maximum absolute atomic E-state index is 11.5. The normalized spacial score (nSPS) is 14.0. The van der Waals surface area contributed by atoms with Crippen molar-refractivity contribution in [1.29, 1.82) is 0 Å². The molecule has 0 aromatic rings. The van der Waals surface area contributed by atoms with Crippen LogP contribution in [0.15, 0.2) is 0 Å². The summed E-state index contributed by atoms with van der Waals surface area (Å²) in [6, 6.07) is 0. The fraction of sp³-hybridized carbons (Fsp3) is 1.00. The van der Waals surface area contributed by atoms with E-state index in [-0.39, 0.29) is 25.1 Å². The summed E-state index contributed by atoms with van der Waals surface area (Å²) in [5, 5.41) is 9.14. The molecule has 0 saturated heterocycles. The second-order valence-electron chi connectivity index (χ2n) is 7.28. The highest BCUT2D eigenvalue weighted by Gasteiger charge is 2.44. The van der Waals surface area contributed by atoms with E-state index in [0.717, 1.165) is 19.3 Å². The Morgan fingerprint density at radius 3 is 1.23 bits per heavy atom. The van der Waals surface area contributed by atoms with Crippen LogP contribution < -0.4 is 18.5 Å². The molecule has 188 valence electrons. The molecule has 0 aliphatic rings. The van der Waals surface area contributed by atoms with Crippen molar-refractivity contribution in [2.45, 2.75) is 109 Å². The van der Waals surface area contributed by atoms with Gasteiger partial charge in [0.25, 0.3) is 5.59 Å². The SMILES string of the molecule is CCCCCCCCCCCCCCCCCOP(=O)(O)C(O)P(=O)(O)O.N.N.N. The highest BCUT2D eigenvalue weighted by atomic mass is 31.2. The van der Waals surface area contributed by atoms with Crippen LogP contribution in [-0.4, -0.2) is 32.0 Å². The Morgan fingerprint density at radius 1 is 0.633 bits per heavy atom. The van der Waals surface area contributed by atoms with Gasteiger partial charge in [0, 0.05) is 0 Å². The van der Waals surface area contributed by atoms with Gasteiger partial charge in [0.15, 0.2) is 0 Å². The quantitative estimate of drug-likeness (QED) is 0.0839. The number of hydrogen-bond acceptors (Lipinski definition) is 7. The van der Waals surface area contributed by atoms with Crippen molar-refractivity contribution in [1.82, 2.24) is 18.5 Å². The highest BCUT2D eigenvalue weighted by Crippen LogP contribution is 2.61. The Balaban J connectivity index is -0.00000113. The van der Waals surface area contributed by atoms with E-state index in [9.17, 15) is 14.0 Å². The van der Waals surface area contributed by atoms with Gasteiger partial charge in [0.05, 0.1) is 6.61 Å². The van der Waals surface area contributed by atoms with Gasteiger partial charge in [-0.05, 0) is 6.42 Å². The van der Waals surface area contributed by atoms with Crippen LogP contribution in [0.3, 0.4) is 0 Å². The van der Waals surface area contributed by atoms with Crippen LogP contribution in [0.1, 0.15) is 103 Å². The minimum Gasteiger partial charge on any atom is -0.370 e. The highest BCUT2D eigenvalue weighted by molar-refractivity contribution is 7.70. The van der Waals surface area contributed by atoms with Crippen LogP contribution in [0.5, 0.6) is 0 Å². The second kappa shape index (κ2) is 22.3. The molecule has 0 fully saturated rings. The third-order valence-corrected chi connectivity index (χ3v) is 8.13. The zero-order valence-corrected chi connectivity index (χ0v) is 20.7. The first-order chi connectivity index (χ1) is 12.7. The Bertz CT molecular complexity index is 453. The number of aliphatic hydroxyl groups is 1. The molecule has 0 aliphatic heterocycles. The van der Waals surface area contributed by atoms with E-state index in [0.29, 0.717) is 6.42 Å². The minimum absolute atomic E-state index is 0. The van der Waals surface area contributed by atoms with Gasteiger partial charge in [-0.2, -0.15) is 0 Å². The molecule has 0 saturated carbocycles. The molecule has 0 heterocycles. The fourth-order valence-electron chi connectivity index (χ4n) is 2.93. The Kier molecular flexibility index (Phi) is 27.9. The molecule has 30 heavy (non-hydrogen) atoms. The molecule has 0 aliphatic carbocycles. The summed E-state index contributed by atoms with van der Waals surface area (Å²) in [4.78, 5) is 26.7. The Labute approximate surface area is 183 Å². The molecule has 0 spiro atoms. The summed E-state index contributed by atoms with van der Waals surface area (Å²) in [6.45, 7) is 2.14. The summed E-state index contributed by atoms with van der Waals surface area (Å²) >= 11 is 0. The first-order valence-corrected chi connectivity index (χ1v) is 13.7. The van der Waals surface area contributed by atoms with Crippen LogP contribution in [-0.2, 0) is 13.7 Å².